The summed E-state index contributed by atoms with van der Waals surface area (Å²) >= 11 is 0. The average molecular weight is 931 g/mol. The smallest absolute Gasteiger partial charge is 0.306 e. The molecule has 1 atom stereocenters. The number of ether oxygens (including phenoxy) is 3. The van der Waals surface area contributed by atoms with E-state index in [1.807, 2.05) is 0 Å². The highest BCUT2D eigenvalue weighted by Crippen LogP contribution is 2.14. The van der Waals surface area contributed by atoms with Crippen LogP contribution in [-0.4, -0.2) is 37.2 Å². The van der Waals surface area contributed by atoms with Gasteiger partial charge in [-0.15, -0.1) is 0 Å². The summed E-state index contributed by atoms with van der Waals surface area (Å²) in [5.41, 5.74) is 0. The van der Waals surface area contributed by atoms with E-state index >= 15 is 0 Å². The lowest BCUT2D eigenvalue weighted by atomic mass is 10.1. The van der Waals surface area contributed by atoms with Crippen molar-refractivity contribution in [3.63, 3.8) is 0 Å². The molecule has 0 aromatic carbocycles. The van der Waals surface area contributed by atoms with Crippen LogP contribution in [0, 0.1) is 0 Å². The summed E-state index contributed by atoms with van der Waals surface area (Å²) in [6, 6.07) is 0. The summed E-state index contributed by atoms with van der Waals surface area (Å²) in [5, 5.41) is 0. The Bertz CT molecular complexity index is 1350. The molecule has 0 rings (SSSR count). The molecule has 0 saturated carbocycles. The second-order valence-electron chi connectivity index (χ2n) is 18.1. The molecule has 0 amide bonds. The molecule has 382 valence electrons. The number of allylic oxidation sites excluding steroid dienone is 16. The first-order chi connectivity index (χ1) is 33.0. The first kappa shape index (κ1) is 63.3. The van der Waals surface area contributed by atoms with Gasteiger partial charge in [-0.3, -0.25) is 14.4 Å². The van der Waals surface area contributed by atoms with Gasteiger partial charge in [-0.25, -0.2) is 0 Å². The number of hydrogen-bond acceptors (Lipinski definition) is 6. The molecule has 0 heterocycles. The molecule has 0 bridgehead atoms. The molecule has 0 N–H and O–H groups in total. The van der Waals surface area contributed by atoms with Gasteiger partial charge >= 0.3 is 17.9 Å². The second kappa shape index (κ2) is 54.9. The number of hydrogen-bond donors (Lipinski definition) is 0. The maximum atomic E-state index is 12.8. The molecule has 0 aliphatic heterocycles. The Kier molecular flexibility index (Phi) is 51.9. The van der Waals surface area contributed by atoms with E-state index in [0.717, 1.165) is 141 Å². The summed E-state index contributed by atoms with van der Waals surface area (Å²) in [7, 11) is 0. The van der Waals surface area contributed by atoms with Gasteiger partial charge in [0.2, 0.25) is 0 Å². The van der Waals surface area contributed by atoms with E-state index in [1.54, 1.807) is 0 Å². The molecule has 6 heteroatoms. The molecular formula is C61H102O6. The van der Waals surface area contributed by atoms with E-state index in [-0.39, 0.29) is 31.1 Å². The van der Waals surface area contributed by atoms with Crippen LogP contribution in [0.5, 0.6) is 0 Å². The van der Waals surface area contributed by atoms with Crippen molar-refractivity contribution in [3.8, 4) is 0 Å². The molecule has 0 fully saturated rings. The SMILES string of the molecule is CC/C=C\C/C=C\C/C=C\C/C=C\CCCCCCCCC(=O)OCC(COC(=O)CCCCCCC/C=C\C/C=C\CCC)OC(=O)CCCCCCCCC/C=C\C/C=C\CCCCC. The van der Waals surface area contributed by atoms with Gasteiger partial charge in [0, 0.05) is 19.3 Å². The number of esters is 3. The zero-order valence-electron chi connectivity index (χ0n) is 43.6. The quantitative estimate of drug-likeness (QED) is 0.0262. The number of unbranched alkanes of at least 4 members (excludes halogenated alkanes) is 22. The van der Waals surface area contributed by atoms with E-state index in [2.05, 4.69) is 118 Å². The topological polar surface area (TPSA) is 78.9 Å². The monoisotopic (exact) mass is 931 g/mol. The normalized spacial score (nSPS) is 12.8. The highest BCUT2D eigenvalue weighted by Gasteiger charge is 2.19. The zero-order valence-corrected chi connectivity index (χ0v) is 43.6. The van der Waals surface area contributed by atoms with Crippen molar-refractivity contribution in [1.82, 2.24) is 0 Å². The van der Waals surface area contributed by atoms with Gasteiger partial charge in [0.1, 0.15) is 13.2 Å². The summed E-state index contributed by atoms with van der Waals surface area (Å²) < 4.78 is 16.8. The molecule has 0 spiro atoms. The molecule has 1 unspecified atom stereocenters. The van der Waals surface area contributed by atoms with Crippen LogP contribution in [0.25, 0.3) is 0 Å². The first-order valence-corrected chi connectivity index (χ1v) is 27.7. The van der Waals surface area contributed by atoms with E-state index in [0.29, 0.717) is 19.3 Å². The van der Waals surface area contributed by atoms with Gasteiger partial charge in [-0.1, -0.05) is 214 Å². The predicted molar refractivity (Wildman–Crippen MR) is 288 cm³/mol. The Morgan fingerprint density at radius 3 is 0.970 bits per heavy atom. The van der Waals surface area contributed by atoms with Gasteiger partial charge in [0.15, 0.2) is 6.10 Å². The van der Waals surface area contributed by atoms with Gasteiger partial charge in [0.05, 0.1) is 0 Å². The van der Waals surface area contributed by atoms with E-state index in [9.17, 15) is 14.4 Å². The molecule has 0 aromatic rings. The largest absolute Gasteiger partial charge is 0.462 e. The Hall–Kier alpha value is -3.67. The minimum atomic E-state index is -0.795. The molecule has 0 aliphatic carbocycles. The van der Waals surface area contributed by atoms with Gasteiger partial charge in [0.25, 0.3) is 0 Å². The first-order valence-electron chi connectivity index (χ1n) is 27.7. The van der Waals surface area contributed by atoms with Crippen LogP contribution >= 0.6 is 0 Å². The molecular weight excluding hydrogens is 829 g/mol. The van der Waals surface area contributed by atoms with Crippen LogP contribution in [0.15, 0.2) is 97.2 Å². The summed E-state index contributed by atoms with van der Waals surface area (Å²) in [4.78, 5) is 38.1. The van der Waals surface area contributed by atoms with Crippen molar-refractivity contribution < 1.29 is 28.6 Å². The van der Waals surface area contributed by atoms with Gasteiger partial charge in [-0.05, 0) is 116 Å². The zero-order chi connectivity index (χ0) is 48.6. The van der Waals surface area contributed by atoms with Crippen LogP contribution in [0.1, 0.15) is 252 Å². The Labute approximate surface area is 413 Å². The Balaban J connectivity index is 4.43. The third-order valence-corrected chi connectivity index (χ3v) is 11.5. The van der Waals surface area contributed by atoms with Crippen LogP contribution < -0.4 is 0 Å². The van der Waals surface area contributed by atoms with Crippen molar-refractivity contribution in [2.45, 2.75) is 258 Å². The maximum absolute atomic E-state index is 12.8. The predicted octanol–water partition coefficient (Wildman–Crippen LogP) is 18.5. The van der Waals surface area contributed by atoms with E-state index in [4.69, 9.17) is 14.2 Å². The number of carbonyl (C=O) groups excluding carboxylic acids is 3. The van der Waals surface area contributed by atoms with Crippen LogP contribution in [0.2, 0.25) is 0 Å². The summed E-state index contributed by atoms with van der Waals surface area (Å²) in [6.45, 7) is 6.41. The Morgan fingerprint density at radius 1 is 0.313 bits per heavy atom. The molecule has 0 aromatic heterocycles. The Morgan fingerprint density at radius 2 is 0.612 bits per heavy atom. The fourth-order valence-corrected chi connectivity index (χ4v) is 7.38. The summed E-state index contributed by atoms with van der Waals surface area (Å²) in [5.74, 6) is -0.928. The summed E-state index contributed by atoms with van der Waals surface area (Å²) in [6.07, 6.45) is 72.4. The number of rotatable bonds is 49. The fourth-order valence-electron chi connectivity index (χ4n) is 7.38. The minimum absolute atomic E-state index is 0.0936. The lowest BCUT2D eigenvalue weighted by Crippen LogP contribution is -2.30. The van der Waals surface area contributed by atoms with Crippen LogP contribution in [0.3, 0.4) is 0 Å². The fraction of sp³-hybridized carbons (Fsp3) is 0.689. The second-order valence-corrected chi connectivity index (χ2v) is 18.1. The van der Waals surface area contributed by atoms with Crippen molar-refractivity contribution >= 4 is 17.9 Å². The molecule has 6 nitrogen and oxygen atoms in total. The maximum Gasteiger partial charge on any atom is 0.306 e. The van der Waals surface area contributed by atoms with Crippen LogP contribution in [0.4, 0.5) is 0 Å². The van der Waals surface area contributed by atoms with Crippen molar-refractivity contribution in [2.24, 2.45) is 0 Å². The van der Waals surface area contributed by atoms with Crippen molar-refractivity contribution in [3.05, 3.63) is 97.2 Å². The molecule has 67 heavy (non-hydrogen) atoms. The van der Waals surface area contributed by atoms with Crippen LogP contribution in [-0.2, 0) is 28.6 Å². The highest BCUT2D eigenvalue weighted by molar-refractivity contribution is 5.71. The van der Waals surface area contributed by atoms with Gasteiger partial charge in [-0.2, -0.15) is 0 Å². The lowest BCUT2D eigenvalue weighted by Gasteiger charge is -2.18. The van der Waals surface area contributed by atoms with E-state index in [1.165, 1.54) is 70.6 Å². The standard InChI is InChI=1S/C61H102O6/c1-4-7-10-13-16-19-22-25-27-29-30-32-33-36-39-42-45-48-51-54-60(63)66-57-58(56-65-59(62)53-50-47-44-41-38-35-24-21-18-15-12-9-6-3)67-61(64)55-52-49-46-43-40-37-34-31-28-26-23-20-17-14-11-8-5-2/h7,10,12,15-17,19-21,24-28,30,32,58H,4-6,8-9,11,13-14,18,22-23,29,31,33-57H2,1-3H3/b10-7-,15-12-,19-16-,20-17-,24-21-,27-25-,28-26-,32-30-. The third-order valence-electron chi connectivity index (χ3n) is 11.5. The number of carbonyl (C=O) groups is 3. The average Bonchev–Trinajstić information content (AvgIpc) is 3.33. The minimum Gasteiger partial charge on any atom is -0.462 e. The molecule has 0 saturated heterocycles. The van der Waals surface area contributed by atoms with Gasteiger partial charge < -0.3 is 14.2 Å². The lowest BCUT2D eigenvalue weighted by molar-refractivity contribution is -0.167. The highest BCUT2D eigenvalue weighted by atomic mass is 16.6. The van der Waals surface area contributed by atoms with Crippen molar-refractivity contribution in [1.29, 1.82) is 0 Å². The molecule has 0 aliphatic rings. The van der Waals surface area contributed by atoms with E-state index < -0.39 is 6.10 Å². The third kappa shape index (κ3) is 53.2. The van der Waals surface area contributed by atoms with Crippen molar-refractivity contribution in [2.75, 3.05) is 13.2 Å². The molecule has 0 radical (unpaired) electrons.